The highest BCUT2D eigenvalue weighted by atomic mass is 19.4. The summed E-state index contributed by atoms with van der Waals surface area (Å²) in [5, 5.41) is 0. The molecule has 0 aliphatic rings. The second-order valence-electron chi connectivity index (χ2n) is 7.27. The number of carbonyl (C=O) groups excluding carboxylic acids is 1. The number of nitrogen functional groups attached to an aromatic ring is 1. The van der Waals surface area contributed by atoms with Crippen molar-refractivity contribution in [2.24, 2.45) is 0 Å². The van der Waals surface area contributed by atoms with E-state index in [-0.39, 0.29) is 17.9 Å². The van der Waals surface area contributed by atoms with Gasteiger partial charge in [0.1, 0.15) is 0 Å². The predicted octanol–water partition coefficient (Wildman–Crippen LogP) is 4.69. The van der Waals surface area contributed by atoms with Crippen molar-refractivity contribution < 1.29 is 18.0 Å². The van der Waals surface area contributed by atoms with Crippen LogP contribution in [0.15, 0.2) is 54.7 Å². The van der Waals surface area contributed by atoms with Gasteiger partial charge in [-0.15, -0.1) is 0 Å². The molecule has 0 atom stereocenters. The Balaban J connectivity index is 1.57. The van der Waals surface area contributed by atoms with E-state index >= 15 is 0 Å². The van der Waals surface area contributed by atoms with Crippen molar-refractivity contribution in [3.8, 4) is 11.8 Å². The van der Waals surface area contributed by atoms with Crippen LogP contribution in [0.2, 0.25) is 0 Å². The van der Waals surface area contributed by atoms with Gasteiger partial charge < -0.3 is 10.7 Å². The zero-order chi connectivity index (χ0) is 22.9. The number of H-pyrrole nitrogens is 1. The number of aromatic amines is 1. The van der Waals surface area contributed by atoms with Gasteiger partial charge in [0.05, 0.1) is 23.0 Å². The number of aromatic nitrogens is 3. The molecular formula is C24H17F3N4O. The third-order valence-corrected chi connectivity index (χ3v) is 4.89. The quantitative estimate of drug-likeness (QED) is 0.362. The normalized spacial score (nSPS) is 11.2. The molecule has 0 saturated heterocycles. The van der Waals surface area contributed by atoms with E-state index in [1.54, 1.807) is 24.3 Å². The third-order valence-electron chi connectivity index (χ3n) is 4.89. The maximum absolute atomic E-state index is 12.9. The lowest BCUT2D eigenvalue weighted by Crippen LogP contribution is -2.09. The van der Waals surface area contributed by atoms with Crippen molar-refractivity contribution in [2.75, 3.05) is 5.73 Å². The molecule has 0 fully saturated rings. The van der Waals surface area contributed by atoms with Gasteiger partial charge in [-0.2, -0.15) is 13.2 Å². The molecule has 3 N–H and O–H groups in total. The van der Waals surface area contributed by atoms with E-state index in [0.717, 1.165) is 40.5 Å². The van der Waals surface area contributed by atoms with Gasteiger partial charge in [-0.1, -0.05) is 24.0 Å². The first-order chi connectivity index (χ1) is 15.2. The number of imidazole rings is 1. The van der Waals surface area contributed by atoms with Crippen LogP contribution in [0, 0.1) is 18.8 Å². The van der Waals surface area contributed by atoms with Gasteiger partial charge in [0.15, 0.2) is 11.7 Å². The predicted molar refractivity (Wildman–Crippen MR) is 115 cm³/mol. The molecule has 2 heterocycles. The lowest BCUT2D eigenvalue weighted by molar-refractivity contribution is -0.137. The average Bonchev–Trinajstić information content (AvgIpc) is 3.12. The van der Waals surface area contributed by atoms with Crippen LogP contribution in [-0.4, -0.2) is 20.7 Å². The van der Waals surface area contributed by atoms with Crippen LogP contribution in [-0.2, 0) is 12.6 Å². The lowest BCUT2D eigenvalue weighted by Gasteiger charge is -2.08. The monoisotopic (exact) mass is 434 g/mol. The van der Waals surface area contributed by atoms with E-state index in [1.165, 1.54) is 0 Å². The Bertz CT molecular complexity index is 1390. The van der Waals surface area contributed by atoms with Gasteiger partial charge in [-0.05, 0) is 48.9 Å². The minimum absolute atomic E-state index is 0.0603. The molecule has 32 heavy (non-hydrogen) atoms. The Labute approximate surface area is 181 Å². The zero-order valence-electron chi connectivity index (χ0n) is 16.9. The fourth-order valence-corrected chi connectivity index (χ4v) is 3.19. The first-order valence-corrected chi connectivity index (χ1v) is 9.62. The highest BCUT2D eigenvalue weighted by Gasteiger charge is 2.30. The Kier molecular flexibility index (Phi) is 5.41. The summed E-state index contributed by atoms with van der Waals surface area (Å²) in [7, 11) is 0. The summed E-state index contributed by atoms with van der Waals surface area (Å²) in [5.74, 6) is 6.10. The fourth-order valence-electron chi connectivity index (χ4n) is 3.19. The first kappa shape index (κ1) is 21.1. The summed E-state index contributed by atoms with van der Waals surface area (Å²) in [4.78, 5) is 23.7. The molecule has 0 saturated carbocycles. The van der Waals surface area contributed by atoms with Crippen molar-refractivity contribution in [1.82, 2.24) is 15.0 Å². The average molecular weight is 434 g/mol. The summed E-state index contributed by atoms with van der Waals surface area (Å²) in [5.41, 5.74) is 9.01. The molecule has 5 nitrogen and oxygen atoms in total. The van der Waals surface area contributed by atoms with Crippen LogP contribution >= 0.6 is 0 Å². The van der Waals surface area contributed by atoms with Crippen molar-refractivity contribution >= 4 is 22.8 Å². The van der Waals surface area contributed by atoms with Gasteiger partial charge >= 0.3 is 6.18 Å². The summed E-state index contributed by atoms with van der Waals surface area (Å²) >= 11 is 0. The number of rotatable bonds is 3. The smallest absolute Gasteiger partial charge is 0.369 e. The number of halogens is 3. The Hall–Kier alpha value is -4.12. The van der Waals surface area contributed by atoms with Crippen LogP contribution in [0.4, 0.5) is 19.1 Å². The topological polar surface area (TPSA) is 84.7 Å². The van der Waals surface area contributed by atoms with Gasteiger partial charge in [-0.25, -0.2) is 4.98 Å². The summed E-state index contributed by atoms with van der Waals surface area (Å²) < 4.78 is 38.7. The number of anilines is 1. The molecule has 2 aromatic carbocycles. The Morgan fingerprint density at radius 3 is 2.69 bits per heavy atom. The van der Waals surface area contributed by atoms with Crippen LogP contribution in [0.1, 0.15) is 38.3 Å². The second-order valence-corrected chi connectivity index (χ2v) is 7.27. The van der Waals surface area contributed by atoms with E-state index in [4.69, 9.17) is 5.73 Å². The molecule has 0 bridgehead atoms. The van der Waals surface area contributed by atoms with Gasteiger partial charge in [-0.3, -0.25) is 9.78 Å². The molecule has 0 aliphatic heterocycles. The van der Waals surface area contributed by atoms with Crippen LogP contribution in [0.3, 0.4) is 0 Å². The van der Waals surface area contributed by atoms with Crippen LogP contribution < -0.4 is 5.73 Å². The molecule has 4 rings (SSSR count). The summed E-state index contributed by atoms with van der Waals surface area (Å²) in [6, 6.07) is 12.3. The molecule has 2 aromatic heterocycles. The van der Waals surface area contributed by atoms with E-state index in [2.05, 4.69) is 26.8 Å². The van der Waals surface area contributed by atoms with E-state index < -0.39 is 11.7 Å². The van der Waals surface area contributed by atoms with E-state index in [0.29, 0.717) is 17.1 Å². The number of nitrogens with zero attached hydrogens (tertiary/aromatic N) is 2. The number of nitrogens with two attached hydrogens (primary N) is 1. The highest BCUT2D eigenvalue weighted by molar-refractivity contribution is 5.97. The van der Waals surface area contributed by atoms with Gasteiger partial charge in [0, 0.05) is 28.6 Å². The molecule has 0 radical (unpaired) electrons. The number of fused-ring (bicyclic) bond motifs is 1. The van der Waals surface area contributed by atoms with Gasteiger partial charge in [0.2, 0.25) is 0 Å². The minimum Gasteiger partial charge on any atom is -0.369 e. The molecule has 0 amide bonds. The largest absolute Gasteiger partial charge is 0.416 e. The van der Waals surface area contributed by atoms with Crippen molar-refractivity contribution in [1.29, 1.82) is 0 Å². The van der Waals surface area contributed by atoms with Crippen LogP contribution in [0.5, 0.6) is 0 Å². The number of aryl methyl sites for hydroxylation is 1. The van der Waals surface area contributed by atoms with Gasteiger partial charge in [0.25, 0.3) is 0 Å². The SMILES string of the molecule is Cc1ccc(C(=O)Cc2cc(C(F)(F)F)ccn2)cc1C#Cc1ccc2nc(N)[nH]c2c1. The molecule has 0 aliphatic carbocycles. The molecule has 0 unspecified atom stereocenters. The first-order valence-electron chi connectivity index (χ1n) is 9.62. The number of nitrogens with one attached hydrogen (secondary N) is 1. The number of Topliss-reactive ketones (excluding diaryl/α,β-unsaturated/α-hetero) is 1. The molecule has 4 aromatic rings. The van der Waals surface area contributed by atoms with E-state index in [1.807, 2.05) is 19.1 Å². The Morgan fingerprint density at radius 2 is 1.91 bits per heavy atom. The molecule has 160 valence electrons. The number of carbonyl (C=O) groups is 1. The standard InChI is InChI=1S/C24H17F3N4O/c1-14-2-5-17(22(32)13-19-12-18(8-9-29-19)24(25,26)27)11-16(14)6-3-15-4-7-20-21(10-15)31-23(28)30-20/h2,4-5,7-12H,13H2,1H3,(H3,28,30,31). The number of alkyl halides is 3. The van der Waals surface area contributed by atoms with E-state index in [9.17, 15) is 18.0 Å². The number of hydrogen-bond acceptors (Lipinski definition) is 4. The second kappa shape index (κ2) is 8.19. The lowest BCUT2D eigenvalue weighted by atomic mass is 9.99. The van der Waals surface area contributed by atoms with Crippen molar-refractivity contribution in [3.63, 3.8) is 0 Å². The summed E-state index contributed by atoms with van der Waals surface area (Å²) in [6.07, 6.45) is -3.67. The highest BCUT2D eigenvalue weighted by Crippen LogP contribution is 2.29. The maximum Gasteiger partial charge on any atom is 0.416 e. The van der Waals surface area contributed by atoms with Crippen LogP contribution in [0.25, 0.3) is 11.0 Å². The fraction of sp³-hybridized carbons (Fsp3) is 0.125. The number of ketones is 1. The number of benzene rings is 2. The zero-order valence-corrected chi connectivity index (χ0v) is 16.9. The summed E-state index contributed by atoms with van der Waals surface area (Å²) in [6.45, 7) is 1.87. The Morgan fingerprint density at radius 1 is 1.09 bits per heavy atom. The molecular weight excluding hydrogens is 417 g/mol. The number of pyridine rings is 1. The number of hydrogen-bond donors (Lipinski definition) is 2. The minimum atomic E-state index is -4.49. The third kappa shape index (κ3) is 4.62. The molecule has 0 spiro atoms. The maximum atomic E-state index is 12.9. The molecule has 8 heteroatoms. The van der Waals surface area contributed by atoms with Crippen molar-refractivity contribution in [3.05, 3.63) is 88.2 Å². The van der Waals surface area contributed by atoms with Crippen molar-refractivity contribution in [2.45, 2.75) is 19.5 Å².